The third kappa shape index (κ3) is 2.76. The maximum Gasteiger partial charge on any atom is 0.185 e. The molecule has 78 valence electrons. The van der Waals surface area contributed by atoms with Crippen LogP contribution in [0.2, 0.25) is 0 Å². The number of rotatable bonds is 5. The first-order chi connectivity index (χ1) is 7.38. The van der Waals surface area contributed by atoms with E-state index in [-0.39, 0.29) is 0 Å². The average molecular weight is 222 g/mol. The summed E-state index contributed by atoms with van der Waals surface area (Å²) in [6, 6.07) is 7.30. The topological polar surface area (TPSA) is 43.4 Å². The van der Waals surface area contributed by atoms with Gasteiger partial charge in [0, 0.05) is 0 Å². The molecule has 2 aromatic heterocycles. The third-order valence-electron chi connectivity index (χ3n) is 1.87. The number of aldehydes is 1. The highest BCUT2D eigenvalue weighted by Crippen LogP contribution is 2.19. The van der Waals surface area contributed by atoms with Crippen LogP contribution >= 0.6 is 11.8 Å². The Kier molecular flexibility index (Phi) is 3.29. The molecule has 0 aliphatic rings. The molecule has 4 heteroatoms. The Morgan fingerprint density at radius 2 is 2.07 bits per heavy atom. The maximum absolute atomic E-state index is 10.4. The van der Waals surface area contributed by atoms with Gasteiger partial charge in [-0.15, -0.1) is 11.8 Å². The zero-order chi connectivity index (χ0) is 10.5. The molecule has 0 fully saturated rings. The molecule has 0 amide bonds. The van der Waals surface area contributed by atoms with E-state index in [1.165, 1.54) is 0 Å². The molecule has 0 atom stereocenters. The zero-order valence-electron chi connectivity index (χ0n) is 8.01. The van der Waals surface area contributed by atoms with Crippen molar-refractivity contribution in [2.75, 3.05) is 0 Å². The van der Waals surface area contributed by atoms with Crippen molar-refractivity contribution in [3.05, 3.63) is 47.8 Å². The van der Waals surface area contributed by atoms with Gasteiger partial charge in [0.15, 0.2) is 12.0 Å². The Balaban J connectivity index is 1.80. The maximum atomic E-state index is 10.4. The molecule has 0 saturated carbocycles. The van der Waals surface area contributed by atoms with Crippen molar-refractivity contribution in [2.24, 2.45) is 0 Å². The molecule has 0 saturated heterocycles. The SMILES string of the molecule is O=Cc1ccc(CSCc2ccco2)o1. The molecular weight excluding hydrogens is 212 g/mol. The minimum atomic E-state index is 0.378. The van der Waals surface area contributed by atoms with E-state index in [2.05, 4.69) is 0 Å². The van der Waals surface area contributed by atoms with Gasteiger partial charge < -0.3 is 8.83 Å². The second-order valence-electron chi connectivity index (χ2n) is 2.99. The first kappa shape index (κ1) is 10.1. The fourth-order valence-corrected chi connectivity index (χ4v) is 2.01. The Labute approximate surface area is 91.5 Å². The van der Waals surface area contributed by atoms with Crippen molar-refractivity contribution < 1.29 is 13.6 Å². The number of carbonyl (C=O) groups excluding carboxylic acids is 1. The Morgan fingerprint density at radius 1 is 1.20 bits per heavy atom. The molecule has 3 nitrogen and oxygen atoms in total. The van der Waals surface area contributed by atoms with Crippen LogP contribution in [0.4, 0.5) is 0 Å². The molecule has 0 radical (unpaired) electrons. The van der Waals surface area contributed by atoms with Crippen LogP contribution in [0.15, 0.2) is 39.4 Å². The molecule has 0 aromatic carbocycles. The zero-order valence-corrected chi connectivity index (χ0v) is 8.83. The van der Waals surface area contributed by atoms with Gasteiger partial charge in [0.2, 0.25) is 0 Å². The van der Waals surface area contributed by atoms with Crippen LogP contribution in [-0.4, -0.2) is 6.29 Å². The summed E-state index contributed by atoms with van der Waals surface area (Å²) < 4.78 is 10.4. The molecule has 0 aliphatic heterocycles. The number of hydrogen-bond acceptors (Lipinski definition) is 4. The van der Waals surface area contributed by atoms with E-state index < -0.39 is 0 Å². The van der Waals surface area contributed by atoms with Crippen molar-refractivity contribution in [1.82, 2.24) is 0 Å². The minimum absolute atomic E-state index is 0.378. The number of thioether (sulfide) groups is 1. The van der Waals surface area contributed by atoms with Crippen LogP contribution < -0.4 is 0 Å². The predicted octanol–water partition coefficient (Wildman–Crippen LogP) is 3.12. The quantitative estimate of drug-likeness (QED) is 0.729. The lowest BCUT2D eigenvalue weighted by Gasteiger charge is -1.95. The highest BCUT2D eigenvalue weighted by molar-refractivity contribution is 7.97. The van der Waals surface area contributed by atoms with E-state index in [9.17, 15) is 4.79 Å². The van der Waals surface area contributed by atoms with Gasteiger partial charge in [-0.3, -0.25) is 4.79 Å². The molecule has 0 N–H and O–H groups in total. The van der Waals surface area contributed by atoms with Crippen LogP contribution in [0.5, 0.6) is 0 Å². The normalized spacial score (nSPS) is 10.4. The first-order valence-electron chi connectivity index (χ1n) is 4.52. The van der Waals surface area contributed by atoms with Crippen LogP contribution in [-0.2, 0) is 11.5 Å². The van der Waals surface area contributed by atoms with Gasteiger partial charge in [-0.25, -0.2) is 0 Å². The molecule has 0 spiro atoms. The lowest BCUT2D eigenvalue weighted by molar-refractivity contribution is 0.109. The largest absolute Gasteiger partial charge is 0.468 e. The van der Waals surface area contributed by atoms with E-state index in [0.717, 1.165) is 23.0 Å². The smallest absolute Gasteiger partial charge is 0.185 e. The predicted molar refractivity (Wildman–Crippen MR) is 57.8 cm³/mol. The third-order valence-corrected chi connectivity index (χ3v) is 2.84. The lowest BCUT2D eigenvalue weighted by Crippen LogP contribution is -1.78. The molecule has 0 unspecified atom stereocenters. The van der Waals surface area contributed by atoms with Gasteiger partial charge in [-0.2, -0.15) is 0 Å². The van der Waals surface area contributed by atoms with Crippen molar-refractivity contribution in [3.63, 3.8) is 0 Å². The summed E-state index contributed by atoms with van der Waals surface area (Å²) in [4.78, 5) is 10.4. The summed E-state index contributed by atoms with van der Waals surface area (Å²) in [5.41, 5.74) is 0. The Morgan fingerprint density at radius 3 is 2.73 bits per heavy atom. The van der Waals surface area contributed by atoms with Crippen LogP contribution in [0.25, 0.3) is 0 Å². The van der Waals surface area contributed by atoms with E-state index in [4.69, 9.17) is 8.83 Å². The highest BCUT2D eigenvalue weighted by Gasteiger charge is 2.02. The summed E-state index contributed by atoms with van der Waals surface area (Å²) >= 11 is 1.68. The van der Waals surface area contributed by atoms with Gasteiger partial charge >= 0.3 is 0 Å². The number of carbonyl (C=O) groups is 1. The van der Waals surface area contributed by atoms with Crippen molar-refractivity contribution in [3.8, 4) is 0 Å². The molecule has 2 heterocycles. The van der Waals surface area contributed by atoms with E-state index in [1.54, 1.807) is 24.1 Å². The average Bonchev–Trinajstić information content (AvgIpc) is 2.88. The lowest BCUT2D eigenvalue weighted by atomic mass is 10.4. The van der Waals surface area contributed by atoms with Crippen molar-refractivity contribution in [2.45, 2.75) is 11.5 Å². The molecule has 0 bridgehead atoms. The monoisotopic (exact) mass is 222 g/mol. The van der Waals surface area contributed by atoms with E-state index in [1.807, 2.05) is 18.2 Å². The van der Waals surface area contributed by atoms with Gasteiger partial charge in [0.25, 0.3) is 0 Å². The minimum Gasteiger partial charge on any atom is -0.468 e. The second kappa shape index (κ2) is 4.89. The van der Waals surface area contributed by atoms with Gasteiger partial charge in [0.05, 0.1) is 17.8 Å². The second-order valence-corrected chi connectivity index (χ2v) is 3.98. The molecule has 2 aromatic rings. The molecule has 0 aliphatic carbocycles. The summed E-state index contributed by atoms with van der Waals surface area (Å²) in [6.07, 6.45) is 2.37. The fourth-order valence-electron chi connectivity index (χ4n) is 1.18. The first-order valence-corrected chi connectivity index (χ1v) is 5.68. The summed E-state index contributed by atoms with van der Waals surface area (Å²) in [5.74, 6) is 3.69. The summed E-state index contributed by atoms with van der Waals surface area (Å²) in [7, 11) is 0. The highest BCUT2D eigenvalue weighted by atomic mass is 32.2. The van der Waals surface area contributed by atoms with Gasteiger partial charge in [-0.1, -0.05) is 0 Å². The summed E-state index contributed by atoms with van der Waals surface area (Å²) in [6.45, 7) is 0. The van der Waals surface area contributed by atoms with Gasteiger partial charge in [-0.05, 0) is 24.3 Å². The fraction of sp³-hybridized carbons (Fsp3) is 0.182. The number of furan rings is 2. The number of hydrogen-bond donors (Lipinski definition) is 0. The van der Waals surface area contributed by atoms with E-state index in [0.29, 0.717) is 12.0 Å². The Hall–Kier alpha value is -1.42. The molecule has 15 heavy (non-hydrogen) atoms. The van der Waals surface area contributed by atoms with E-state index >= 15 is 0 Å². The van der Waals surface area contributed by atoms with Crippen molar-refractivity contribution in [1.29, 1.82) is 0 Å². The Bertz CT molecular complexity index is 417. The van der Waals surface area contributed by atoms with Crippen LogP contribution in [0.3, 0.4) is 0 Å². The summed E-state index contributed by atoms with van der Waals surface area (Å²) in [5, 5.41) is 0. The molecule has 2 rings (SSSR count). The van der Waals surface area contributed by atoms with Crippen LogP contribution in [0, 0.1) is 0 Å². The molecular formula is C11H10O3S. The van der Waals surface area contributed by atoms with Crippen LogP contribution in [0.1, 0.15) is 22.1 Å². The van der Waals surface area contributed by atoms with Gasteiger partial charge in [0.1, 0.15) is 11.5 Å². The van der Waals surface area contributed by atoms with Crippen molar-refractivity contribution >= 4 is 18.0 Å². The standard InChI is InChI=1S/C11H10O3S/c12-6-9-3-4-11(14-9)8-15-7-10-2-1-5-13-10/h1-6H,7-8H2.